The van der Waals surface area contributed by atoms with Gasteiger partial charge in [0.2, 0.25) is 0 Å². The Morgan fingerprint density at radius 1 is 1.10 bits per heavy atom. The van der Waals surface area contributed by atoms with Crippen LogP contribution in [0.3, 0.4) is 0 Å². The minimum absolute atomic E-state index is 0.293. The van der Waals surface area contributed by atoms with E-state index < -0.39 is 5.54 Å². The van der Waals surface area contributed by atoms with Gasteiger partial charge in [0.25, 0.3) is 0 Å². The van der Waals surface area contributed by atoms with Gasteiger partial charge in [0, 0.05) is 5.69 Å². The van der Waals surface area contributed by atoms with E-state index >= 15 is 0 Å². The second kappa shape index (κ2) is 5.95. The molecule has 0 aliphatic heterocycles. The number of hydrogen-bond acceptors (Lipinski definition) is 1. The van der Waals surface area contributed by atoms with E-state index in [1.54, 1.807) is 12.1 Å². The Balaban J connectivity index is 2.05. The van der Waals surface area contributed by atoms with Gasteiger partial charge in [-0.1, -0.05) is 24.3 Å². The van der Waals surface area contributed by atoms with E-state index in [-0.39, 0.29) is 11.8 Å². The molecule has 0 radical (unpaired) electrons. The Kier molecular flexibility index (Phi) is 4.26. The number of hydrogen-bond donors (Lipinski definition) is 2. The van der Waals surface area contributed by atoms with E-state index in [1.165, 1.54) is 12.1 Å². The molecule has 2 aromatic rings. The Bertz CT molecular complexity index is 635. The highest BCUT2D eigenvalue weighted by molar-refractivity contribution is 5.89. The number of halogens is 1. The number of urea groups is 1. The predicted octanol–water partition coefficient (Wildman–Crippen LogP) is 4.19. The molecule has 0 heterocycles. The molecule has 2 amide bonds. The van der Waals surface area contributed by atoms with Gasteiger partial charge in [0.1, 0.15) is 5.82 Å². The van der Waals surface area contributed by atoms with Gasteiger partial charge in [0.05, 0.1) is 5.54 Å². The minimum Gasteiger partial charge on any atom is -0.329 e. The van der Waals surface area contributed by atoms with Crippen LogP contribution in [-0.4, -0.2) is 6.03 Å². The number of nitrogens with one attached hydrogen (secondary N) is 2. The van der Waals surface area contributed by atoms with Crippen LogP contribution >= 0.6 is 0 Å². The van der Waals surface area contributed by atoms with Gasteiger partial charge in [-0.05, 0) is 56.2 Å². The summed E-state index contributed by atoms with van der Waals surface area (Å²) in [7, 11) is 0. The van der Waals surface area contributed by atoms with Gasteiger partial charge in [-0.25, -0.2) is 9.18 Å². The van der Waals surface area contributed by atoms with Gasteiger partial charge >= 0.3 is 6.03 Å². The Labute approximate surface area is 124 Å². The summed E-state index contributed by atoms with van der Waals surface area (Å²) in [6, 6.07) is 13.4. The smallest absolute Gasteiger partial charge is 0.319 e. The Morgan fingerprint density at radius 3 is 2.38 bits per heavy atom. The van der Waals surface area contributed by atoms with Crippen molar-refractivity contribution in [3.05, 3.63) is 65.5 Å². The summed E-state index contributed by atoms with van der Waals surface area (Å²) in [4.78, 5) is 12.1. The lowest BCUT2D eigenvalue weighted by Gasteiger charge is -2.27. The SMILES string of the molecule is Cc1cccc(NC(=O)NC(C)(C)c2ccc(F)cc2)c1. The molecule has 0 aromatic heterocycles. The largest absolute Gasteiger partial charge is 0.329 e. The van der Waals surface area contributed by atoms with Crippen LogP contribution in [0.1, 0.15) is 25.0 Å². The molecule has 0 saturated carbocycles. The van der Waals surface area contributed by atoms with Crippen LogP contribution in [-0.2, 0) is 5.54 Å². The third-order valence-electron chi connectivity index (χ3n) is 3.27. The zero-order valence-electron chi connectivity index (χ0n) is 12.4. The third-order valence-corrected chi connectivity index (χ3v) is 3.27. The second-order valence-corrected chi connectivity index (χ2v) is 5.58. The average Bonchev–Trinajstić information content (AvgIpc) is 2.38. The van der Waals surface area contributed by atoms with E-state index in [0.717, 1.165) is 16.8 Å². The summed E-state index contributed by atoms with van der Waals surface area (Å²) in [5.41, 5.74) is 2.05. The molecule has 0 aliphatic rings. The quantitative estimate of drug-likeness (QED) is 0.872. The van der Waals surface area contributed by atoms with Gasteiger partial charge in [0.15, 0.2) is 0 Å². The zero-order valence-corrected chi connectivity index (χ0v) is 12.4. The fourth-order valence-electron chi connectivity index (χ4n) is 2.11. The fraction of sp³-hybridized carbons (Fsp3) is 0.235. The normalized spacial score (nSPS) is 11.0. The first-order valence-electron chi connectivity index (χ1n) is 6.79. The number of aryl methyl sites for hydroxylation is 1. The predicted molar refractivity (Wildman–Crippen MR) is 82.8 cm³/mol. The first kappa shape index (κ1) is 15.0. The van der Waals surface area contributed by atoms with Crippen LogP contribution in [0.4, 0.5) is 14.9 Å². The summed E-state index contributed by atoms with van der Waals surface area (Å²) in [5.74, 6) is -0.293. The summed E-state index contributed by atoms with van der Waals surface area (Å²) < 4.78 is 13.0. The summed E-state index contributed by atoms with van der Waals surface area (Å²) in [6.07, 6.45) is 0. The number of carbonyl (C=O) groups is 1. The lowest BCUT2D eigenvalue weighted by molar-refractivity contribution is 0.242. The minimum atomic E-state index is -0.596. The Morgan fingerprint density at radius 2 is 1.76 bits per heavy atom. The number of anilines is 1. The number of amides is 2. The third kappa shape index (κ3) is 4.05. The highest BCUT2D eigenvalue weighted by Gasteiger charge is 2.22. The zero-order chi connectivity index (χ0) is 15.5. The van der Waals surface area contributed by atoms with Crippen LogP contribution in [0.5, 0.6) is 0 Å². The van der Waals surface area contributed by atoms with E-state index in [4.69, 9.17) is 0 Å². The standard InChI is InChI=1S/C17H19FN2O/c1-12-5-4-6-15(11-12)19-16(21)20-17(2,3)13-7-9-14(18)10-8-13/h4-11H,1-3H3,(H2,19,20,21). The highest BCUT2D eigenvalue weighted by Crippen LogP contribution is 2.20. The molecular formula is C17H19FN2O. The van der Waals surface area contributed by atoms with E-state index in [2.05, 4.69) is 10.6 Å². The summed E-state index contributed by atoms with van der Waals surface area (Å²) in [5, 5.41) is 5.68. The number of benzene rings is 2. The van der Waals surface area contributed by atoms with E-state index in [1.807, 2.05) is 45.0 Å². The molecule has 0 saturated heterocycles. The monoisotopic (exact) mass is 286 g/mol. The Hall–Kier alpha value is -2.36. The van der Waals surface area contributed by atoms with E-state index in [0.29, 0.717) is 0 Å². The molecule has 4 heteroatoms. The molecule has 21 heavy (non-hydrogen) atoms. The summed E-state index contributed by atoms with van der Waals surface area (Å²) >= 11 is 0. The maximum absolute atomic E-state index is 13.0. The van der Waals surface area contributed by atoms with Crippen LogP contribution in [0.25, 0.3) is 0 Å². The van der Waals surface area contributed by atoms with E-state index in [9.17, 15) is 9.18 Å². The van der Waals surface area contributed by atoms with Gasteiger partial charge in [-0.3, -0.25) is 0 Å². The molecule has 0 atom stereocenters. The van der Waals surface area contributed by atoms with Gasteiger partial charge in [-0.2, -0.15) is 0 Å². The van der Waals surface area contributed by atoms with Crippen molar-refractivity contribution in [1.29, 1.82) is 0 Å². The first-order valence-corrected chi connectivity index (χ1v) is 6.79. The second-order valence-electron chi connectivity index (χ2n) is 5.58. The lowest BCUT2D eigenvalue weighted by atomic mass is 9.94. The molecule has 0 bridgehead atoms. The molecule has 2 rings (SSSR count). The van der Waals surface area contributed by atoms with Gasteiger partial charge in [-0.15, -0.1) is 0 Å². The molecule has 110 valence electrons. The number of rotatable bonds is 3. The van der Waals surface area contributed by atoms with Crippen LogP contribution in [0.2, 0.25) is 0 Å². The topological polar surface area (TPSA) is 41.1 Å². The summed E-state index contributed by atoms with van der Waals surface area (Å²) in [6.45, 7) is 5.71. The molecule has 0 spiro atoms. The maximum Gasteiger partial charge on any atom is 0.319 e. The van der Waals surface area contributed by atoms with Gasteiger partial charge < -0.3 is 10.6 Å². The highest BCUT2D eigenvalue weighted by atomic mass is 19.1. The van der Waals surface area contributed by atoms with Crippen molar-refractivity contribution in [3.63, 3.8) is 0 Å². The van der Waals surface area contributed by atoms with Crippen LogP contribution in [0.15, 0.2) is 48.5 Å². The molecule has 3 nitrogen and oxygen atoms in total. The molecule has 0 aliphatic carbocycles. The van der Waals surface area contributed by atoms with Crippen LogP contribution in [0, 0.1) is 12.7 Å². The lowest BCUT2D eigenvalue weighted by Crippen LogP contribution is -2.43. The number of carbonyl (C=O) groups excluding carboxylic acids is 1. The van der Waals surface area contributed by atoms with Crippen molar-refractivity contribution >= 4 is 11.7 Å². The van der Waals surface area contributed by atoms with Crippen molar-refractivity contribution in [1.82, 2.24) is 5.32 Å². The van der Waals surface area contributed by atoms with Crippen molar-refractivity contribution in [2.45, 2.75) is 26.3 Å². The molecule has 0 fully saturated rings. The van der Waals surface area contributed by atoms with Crippen molar-refractivity contribution in [2.75, 3.05) is 5.32 Å². The molecule has 2 N–H and O–H groups in total. The molecule has 0 unspecified atom stereocenters. The molecular weight excluding hydrogens is 267 g/mol. The average molecular weight is 286 g/mol. The molecule has 2 aromatic carbocycles. The fourth-order valence-corrected chi connectivity index (χ4v) is 2.11. The van der Waals surface area contributed by atoms with Crippen molar-refractivity contribution < 1.29 is 9.18 Å². The maximum atomic E-state index is 13.0. The first-order chi connectivity index (χ1) is 9.87. The van der Waals surface area contributed by atoms with Crippen molar-refractivity contribution in [2.24, 2.45) is 0 Å². The van der Waals surface area contributed by atoms with Crippen molar-refractivity contribution in [3.8, 4) is 0 Å². The van der Waals surface area contributed by atoms with Crippen LogP contribution < -0.4 is 10.6 Å².